The normalized spacial score (nSPS) is 13.1. The van der Waals surface area contributed by atoms with E-state index in [0.29, 0.717) is 0 Å². The van der Waals surface area contributed by atoms with Crippen molar-refractivity contribution in [2.24, 2.45) is 0 Å². The monoisotopic (exact) mass is 303 g/mol. The van der Waals surface area contributed by atoms with E-state index in [4.69, 9.17) is 0 Å². The van der Waals surface area contributed by atoms with E-state index < -0.39 is 6.10 Å². The summed E-state index contributed by atoms with van der Waals surface area (Å²) in [5, 5.41) is 12.8. The molecule has 1 atom stereocenters. The summed E-state index contributed by atoms with van der Waals surface area (Å²) in [7, 11) is 0. The second-order valence-electron chi connectivity index (χ2n) is 3.28. The Morgan fingerprint density at radius 2 is 2.20 bits per heavy atom. The maximum Gasteiger partial charge on any atom is 0.132 e. The topological polar surface area (TPSA) is 33.1 Å². The van der Waals surface area contributed by atoms with Gasteiger partial charge in [0.15, 0.2) is 0 Å². The molecule has 2 aromatic heterocycles. The maximum absolute atomic E-state index is 10.1. The molecule has 2 rings (SSSR count). The van der Waals surface area contributed by atoms with Gasteiger partial charge in [-0.25, -0.2) is 4.98 Å². The summed E-state index contributed by atoms with van der Waals surface area (Å²) in [4.78, 5) is 6.61. The van der Waals surface area contributed by atoms with Gasteiger partial charge in [-0.1, -0.05) is 0 Å². The van der Waals surface area contributed by atoms with E-state index in [1.54, 1.807) is 11.3 Å². The number of thiazole rings is 1. The molecule has 0 fully saturated rings. The Morgan fingerprint density at radius 3 is 2.67 bits per heavy atom. The Balaban J connectivity index is 2.35. The Bertz CT molecular complexity index is 477. The maximum atomic E-state index is 10.1. The highest BCUT2D eigenvalue weighted by Crippen LogP contribution is 2.32. The van der Waals surface area contributed by atoms with E-state index in [0.717, 1.165) is 20.1 Å². The minimum Gasteiger partial charge on any atom is -0.381 e. The third-order valence-corrected chi connectivity index (χ3v) is 4.69. The number of hydrogen-bond donors (Lipinski definition) is 1. The quantitative estimate of drug-likeness (QED) is 0.918. The van der Waals surface area contributed by atoms with Crippen LogP contribution in [-0.2, 0) is 0 Å². The van der Waals surface area contributed by atoms with Crippen LogP contribution in [0.2, 0.25) is 0 Å². The fourth-order valence-electron chi connectivity index (χ4n) is 1.45. The summed E-state index contributed by atoms with van der Waals surface area (Å²) in [5.41, 5.74) is 0.972. The molecular formula is C10H10BrNOS2. The van der Waals surface area contributed by atoms with Crippen molar-refractivity contribution in [2.45, 2.75) is 20.0 Å². The first-order valence-electron chi connectivity index (χ1n) is 4.44. The van der Waals surface area contributed by atoms with Crippen LogP contribution in [0.4, 0.5) is 0 Å². The first-order chi connectivity index (χ1) is 7.08. The molecule has 2 heterocycles. The lowest BCUT2D eigenvalue weighted by molar-refractivity contribution is 0.219. The Kier molecular flexibility index (Phi) is 3.25. The van der Waals surface area contributed by atoms with Gasteiger partial charge in [0, 0.05) is 20.7 Å². The number of aliphatic hydroxyl groups is 1. The van der Waals surface area contributed by atoms with Gasteiger partial charge in [-0.3, -0.25) is 0 Å². The van der Waals surface area contributed by atoms with E-state index in [1.165, 1.54) is 16.2 Å². The van der Waals surface area contributed by atoms with Crippen LogP contribution in [0, 0.1) is 13.8 Å². The summed E-state index contributed by atoms with van der Waals surface area (Å²) in [6.07, 6.45) is -0.591. The number of aryl methyl sites for hydroxylation is 2. The molecular weight excluding hydrogens is 294 g/mol. The molecule has 0 aliphatic heterocycles. The van der Waals surface area contributed by atoms with Gasteiger partial charge in [0.25, 0.3) is 0 Å². The molecule has 80 valence electrons. The van der Waals surface area contributed by atoms with E-state index in [2.05, 4.69) is 20.9 Å². The zero-order valence-corrected chi connectivity index (χ0v) is 11.5. The van der Waals surface area contributed by atoms with Crippen molar-refractivity contribution in [2.75, 3.05) is 0 Å². The first kappa shape index (κ1) is 11.3. The van der Waals surface area contributed by atoms with Gasteiger partial charge in [0.1, 0.15) is 15.7 Å². The van der Waals surface area contributed by atoms with Crippen LogP contribution in [0.5, 0.6) is 0 Å². The summed E-state index contributed by atoms with van der Waals surface area (Å²) in [5.74, 6) is 0. The number of thiophene rings is 1. The first-order valence-corrected chi connectivity index (χ1v) is 6.92. The molecule has 0 aliphatic carbocycles. The molecule has 2 nitrogen and oxygen atoms in total. The molecule has 5 heteroatoms. The summed E-state index contributed by atoms with van der Waals surface area (Å²) in [6, 6.07) is 2.03. The fraction of sp³-hybridized carbons (Fsp3) is 0.300. The number of aromatic nitrogens is 1. The lowest BCUT2D eigenvalue weighted by Gasteiger charge is -2.05. The van der Waals surface area contributed by atoms with Crippen molar-refractivity contribution in [1.29, 1.82) is 0 Å². The Morgan fingerprint density at radius 1 is 1.47 bits per heavy atom. The van der Waals surface area contributed by atoms with Crippen molar-refractivity contribution in [3.8, 4) is 0 Å². The summed E-state index contributed by atoms with van der Waals surface area (Å²) < 4.78 is 0.783. The third kappa shape index (κ3) is 2.30. The van der Waals surface area contributed by atoms with Gasteiger partial charge in [-0.15, -0.1) is 22.7 Å². The number of rotatable bonds is 2. The van der Waals surface area contributed by atoms with Gasteiger partial charge in [0.05, 0.1) is 0 Å². The Hall–Kier alpha value is -0.230. The molecule has 1 unspecified atom stereocenters. The summed E-state index contributed by atoms with van der Waals surface area (Å²) in [6.45, 7) is 4.07. The highest BCUT2D eigenvalue weighted by Gasteiger charge is 2.17. The van der Waals surface area contributed by atoms with Gasteiger partial charge in [0.2, 0.25) is 0 Å². The molecule has 1 N–H and O–H groups in total. The highest BCUT2D eigenvalue weighted by molar-refractivity contribution is 9.10. The standard InChI is InChI=1S/C10H10BrNOS2/c1-5-3-7(6(2)15-5)9(13)10-12-8(11)4-14-10/h3-4,9,13H,1-2H3. The highest BCUT2D eigenvalue weighted by atomic mass is 79.9. The van der Waals surface area contributed by atoms with E-state index in [9.17, 15) is 5.11 Å². The second-order valence-corrected chi connectivity index (χ2v) is 6.44. The number of nitrogens with zero attached hydrogens (tertiary/aromatic N) is 1. The molecule has 0 amide bonds. The van der Waals surface area contributed by atoms with Crippen molar-refractivity contribution in [3.05, 3.63) is 36.4 Å². The number of halogens is 1. The minimum absolute atomic E-state index is 0.591. The van der Waals surface area contributed by atoms with Crippen LogP contribution in [0.3, 0.4) is 0 Å². The SMILES string of the molecule is Cc1cc(C(O)c2nc(Br)cs2)c(C)s1. The van der Waals surface area contributed by atoms with Gasteiger partial charge in [-0.05, 0) is 35.8 Å². The molecule has 0 radical (unpaired) electrons. The van der Waals surface area contributed by atoms with Gasteiger partial charge < -0.3 is 5.11 Å². The van der Waals surface area contributed by atoms with Gasteiger partial charge >= 0.3 is 0 Å². The van der Waals surface area contributed by atoms with Crippen molar-refractivity contribution >= 4 is 38.6 Å². The minimum atomic E-state index is -0.591. The van der Waals surface area contributed by atoms with Crippen molar-refractivity contribution in [3.63, 3.8) is 0 Å². The van der Waals surface area contributed by atoms with E-state index in [1.807, 2.05) is 25.3 Å². The zero-order valence-electron chi connectivity index (χ0n) is 8.32. The molecule has 0 aromatic carbocycles. The smallest absolute Gasteiger partial charge is 0.132 e. The van der Waals surface area contributed by atoms with Gasteiger partial charge in [-0.2, -0.15) is 0 Å². The molecule has 0 aliphatic rings. The average Bonchev–Trinajstić information content (AvgIpc) is 2.71. The number of aliphatic hydroxyl groups excluding tert-OH is 1. The third-order valence-electron chi connectivity index (χ3n) is 2.10. The van der Waals surface area contributed by atoms with Crippen LogP contribution in [0.1, 0.15) is 26.4 Å². The van der Waals surface area contributed by atoms with E-state index >= 15 is 0 Å². The van der Waals surface area contributed by atoms with Crippen LogP contribution in [0.25, 0.3) is 0 Å². The largest absolute Gasteiger partial charge is 0.381 e. The molecule has 0 spiro atoms. The lowest BCUT2D eigenvalue weighted by Crippen LogP contribution is -1.98. The second kappa shape index (κ2) is 4.33. The molecule has 15 heavy (non-hydrogen) atoms. The predicted octanol–water partition coefficient (Wildman–Crippen LogP) is 3.67. The molecule has 0 bridgehead atoms. The predicted molar refractivity (Wildman–Crippen MR) is 67.7 cm³/mol. The number of hydrogen-bond acceptors (Lipinski definition) is 4. The molecule has 0 saturated heterocycles. The zero-order chi connectivity index (χ0) is 11.0. The van der Waals surface area contributed by atoms with Crippen LogP contribution in [0.15, 0.2) is 16.0 Å². The van der Waals surface area contributed by atoms with Crippen molar-refractivity contribution < 1.29 is 5.11 Å². The van der Waals surface area contributed by atoms with Crippen LogP contribution >= 0.6 is 38.6 Å². The molecule has 0 saturated carbocycles. The molecule has 2 aromatic rings. The average molecular weight is 304 g/mol. The fourth-order valence-corrected chi connectivity index (χ4v) is 3.67. The van der Waals surface area contributed by atoms with Crippen molar-refractivity contribution in [1.82, 2.24) is 4.98 Å². The Labute approximate surface area is 105 Å². The lowest BCUT2D eigenvalue weighted by atomic mass is 10.1. The summed E-state index contributed by atoms with van der Waals surface area (Å²) >= 11 is 6.46. The van der Waals surface area contributed by atoms with Crippen LogP contribution in [-0.4, -0.2) is 10.1 Å². The van der Waals surface area contributed by atoms with Crippen LogP contribution < -0.4 is 0 Å². The van der Waals surface area contributed by atoms with E-state index in [-0.39, 0.29) is 0 Å².